The van der Waals surface area contributed by atoms with E-state index in [0.29, 0.717) is 12.8 Å². The average Bonchev–Trinajstić information content (AvgIpc) is 3.08. The average molecular weight is 463 g/mol. The van der Waals surface area contributed by atoms with E-state index < -0.39 is 0 Å². The SMILES string of the molecule is COc1ccc(CCc2nc3cc(Br)cnc3n2CCN2CCOCC2)cc1F. The largest absolute Gasteiger partial charge is 0.494 e. The van der Waals surface area contributed by atoms with Crippen LogP contribution >= 0.6 is 15.9 Å². The van der Waals surface area contributed by atoms with E-state index in [-0.39, 0.29) is 11.6 Å². The molecule has 4 rings (SSSR count). The van der Waals surface area contributed by atoms with Crippen LogP contribution in [0.15, 0.2) is 34.9 Å². The van der Waals surface area contributed by atoms with E-state index in [1.54, 1.807) is 12.3 Å². The fourth-order valence-corrected chi connectivity index (χ4v) is 3.97. The summed E-state index contributed by atoms with van der Waals surface area (Å²) in [5, 5.41) is 0. The van der Waals surface area contributed by atoms with Crippen molar-refractivity contribution < 1.29 is 13.9 Å². The summed E-state index contributed by atoms with van der Waals surface area (Å²) in [7, 11) is 1.47. The van der Waals surface area contributed by atoms with Crippen LogP contribution in [-0.2, 0) is 24.1 Å². The third-order valence-corrected chi connectivity index (χ3v) is 5.66. The van der Waals surface area contributed by atoms with E-state index in [1.165, 1.54) is 13.2 Å². The van der Waals surface area contributed by atoms with Gasteiger partial charge in [0.2, 0.25) is 0 Å². The molecule has 3 aromatic rings. The third-order valence-electron chi connectivity index (χ3n) is 5.23. The number of hydrogen-bond acceptors (Lipinski definition) is 5. The van der Waals surface area contributed by atoms with E-state index in [2.05, 4.69) is 30.4 Å². The zero-order valence-corrected chi connectivity index (χ0v) is 18.0. The first-order valence-electron chi connectivity index (χ1n) is 9.77. The fourth-order valence-electron chi connectivity index (χ4n) is 3.65. The summed E-state index contributed by atoms with van der Waals surface area (Å²) >= 11 is 3.48. The molecule has 29 heavy (non-hydrogen) atoms. The molecule has 1 fully saturated rings. The summed E-state index contributed by atoms with van der Waals surface area (Å²) in [5.74, 6) is 0.895. The van der Waals surface area contributed by atoms with Crippen LogP contribution in [0.5, 0.6) is 5.75 Å². The fraction of sp³-hybridized carbons (Fsp3) is 0.429. The van der Waals surface area contributed by atoms with Crippen LogP contribution in [0.4, 0.5) is 4.39 Å². The Morgan fingerprint density at radius 1 is 1.17 bits per heavy atom. The van der Waals surface area contributed by atoms with Gasteiger partial charge in [0.25, 0.3) is 0 Å². The highest BCUT2D eigenvalue weighted by Crippen LogP contribution is 2.22. The molecule has 0 bridgehead atoms. The van der Waals surface area contributed by atoms with Crippen LogP contribution < -0.4 is 4.74 Å². The summed E-state index contributed by atoms with van der Waals surface area (Å²) in [6, 6.07) is 7.10. The number of halogens is 2. The van der Waals surface area contributed by atoms with E-state index in [9.17, 15) is 4.39 Å². The Morgan fingerprint density at radius 3 is 2.76 bits per heavy atom. The lowest BCUT2D eigenvalue weighted by Gasteiger charge is -2.26. The van der Waals surface area contributed by atoms with Crippen molar-refractivity contribution in [3.63, 3.8) is 0 Å². The zero-order valence-electron chi connectivity index (χ0n) is 16.4. The van der Waals surface area contributed by atoms with Crippen molar-refractivity contribution in [2.75, 3.05) is 40.0 Å². The number of rotatable bonds is 7. The highest BCUT2D eigenvalue weighted by molar-refractivity contribution is 9.10. The van der Waals surface area contributed by atoms with Gasteiger partial charge in [-0.15, -0.1) is 0 Å². The second kappa shape index (κ2) is 9.19. The number of morpholine rings is 1. The molecule has 154 valence electrons. The van der Waals surface area contributed by atoms with Crippen LogP contribution in [0, 0.1) is 5.82 Å². The van der Waals surface area contributed by atoms with Gasteiger partial charge in [0.05, 0.1) is 20.3 Å². The molecule has 1 aliphatic rings. The number of nitrogens with zero attached hydrogens (tertiary/aromatic N) is 4. The number of hydrogen-bond donors (Lipinski definition) is 0. The minimum absolute atomic E-state index is 0.264. The third kappa shape index (κ3) is 4.76. The van der Waals surface area contributed by atoms with Gasteiger partial charge in [-0.2, -0.15) is 0 Å². The predicted octanol–water partition coefficient (Wildman–Crippen LogP) is 3.46. The first kappa shape index (κ1) is 20.3. The molecule has 1 aliphatic heterocycles. The number of methoxy groups -OCH3 is 1. The highest BCUT2D eigenvalue weighted by Gasteiger charge is 2.16. The summed E-state index contributed by atoms with van der Waals surface area (Å²) in [4.78, 5) is 11.8. The van der Waals surface area contributed by atoms with Gasteiger partial charge in [0.15, 0.2) is 17.2 Å². The molecular formula is C21H24BrFN4O2. The molecule has 1 aromatic carbocycles. The molecule has 0 saturated carbocycles. The van der Waals surface area contributed by atoms with E-state index in [1.807, 2.05) is 12.1 Å². The molecule has 2 aromatic heterocycles. The first-order valence-corrected chi connectivity index (χ1v) is 10.6. The van der Waals surface area contributed by atoms with E-state index >= 15 is 0 Å². The summed E-state index contributed by atoms with van der Waals surface area (Å²) in [6.45, 7) is 5.21. The van der Waals surface area contributed by atoms with Crippen molar-refractivity contribution in [1.82, 2.24) is 19.4 Å². The predicted molar refractivity (Wildman–Crippen MR) is 113 cm³/mol. The monoisotopic (exact) mass is 462 g/mol. The van der Waals surface area contributed by atoms with Gasteiger partial charge in [0, 0.05) is 43.3 Å². The quantitative estimate of drug-likeness (QED) is 0.538. The first-order chi connectivity index (χ1) is 14.1. The Morgan fingerprint density at radius 2 is 2.00 bits per heavy atom. The van der Waals surface area contributed by atoms with E-state index in [4.69, 9.17) is 14.5 Å². The molecule has 3 heterocycles. The molecular weight excluding hydrogens is 439 g/mol. The molecule has 1 saturated heterocycles. The second-order valence-corrected chi connectivity index (χ2v) is 8.01. The summed E-state index contributed by atoms with van der Waals surface area (Å²) < 4.78 is 27.6. The Hall–Kier alpha value is -2.03. The van der Waals surface area contributed by atoms with Crippen molar-refractivity contribution in [3.8, 4) is 5.75 Å². The minimum atomic E-state index is -0.337. The van der Waals surface area contributed by atoms with Crippen molar-refractivity contribution in [2.24, 2.45) is 0 Å². The van der Waals surface area contributed by atoms with Gasteiger partial charge >= 0.3 is 0 Å². The maximum absolute atomic E-state index is 14.0. The molecule has 0 aliphatic carbocycles. The lowest BCUT2D eigenvalue weighted by molar-refractivity contribution is 0.0364. The van der Waals surface area contributed by atoms with Gasteiger partial charge in [0.1, 0.15) is 11.3 Å². The van der Waals surface area contributed by atoms with Crippen LogP contribution in [-0.4, -0.2) is 59.4 Å². The molecule has 0 N–H and O–H groups in total. The lowest BCUT2D eigenvalue weighted by Crippen LogP contribution is -2.38. The van der Waals surface area contributed by atoms with Crippen LogP contribution in [0.3, 0.4) is 0 Å². The minimum Gasteiger partial charge on any atom is -0.494 e. The molecule has 6 nitrogen and oxygen atoms in total. The van der Waals surface area contributed by atoms with Crippen molar-refractivity contribution in [1.29, 1.82) is 0 Å². The van der Waals surface area contributed by atoms with Gasteiger partial charge in [-0.3, -0.25) is 4.90 Å². The van der Waals surface area contributed by atoms with Gasteiger partial charge in [-0.25, -0.2) is 14.4 Å². The number of imidazole rings is 1. The topological polar surface area (TPSA) is 52.4 Å². The molecule has 0 atom stereocenters. The van der Waals surface area contributed by atoms with Crippen LogP contribution in [0.25, 0.3) is 11.2 Å². The Kier molecular flexibility index (Phi) is 6.42. The number of aromatic nitrogens is 3. The Labute approximate surface area is 177 Å². The maximum Gasteiger partial charge on any atom is 0.165 e. The second-order valence-electron chi connectivity index (χ2n) is 7.10. The smallest absolute Gasteiger partial charge is 0.165 e. The number of ether oxygens (including phenoxy) is 2. The van der Waals surface area contributed by atoms with Crippen LogP contribution in [0.2, 0.25) is 0 Å². The number of benzene rings is 1. The van der Waals surface area contributed by atoms with Gasteiger partial charge in [-0.1, -0.05) is 6.07 Å². The number of pyridine rings is 1. The molecule has 0 radical (unpaired) electrons. The summed E-state index contributed by atoms with van der Waals surface area (Å²) in [5.41, 5.74) is 2.68. The molecule has 0 spiro atoms. The highest BCUT2D eigenvalue weighted by atomic mass is 79.9. The van der Waals surface area contributed by atoms with Crippen molar-refractivity contribution in [2.45, 2.75) is 19.4 Å². The summed E-state index contributed by atoms with van der Waals surface area (Å²) in [6.07, 6.45) is 3.21. The molecule has 8 heteroatoms. The van der Waals surface area contributed by atoms with E-state index in [0.717, 1.165) is 66.4 Å². The lowest BCUT2D eigenvalue weighted by atomic mass is 10.1. The molecule has 0 unspecified atom stereocenters. The van der Waals surface area contributed by atoms with Crippen LogP contribution in [0.1, 0.15) is 11.4 Å². The van der Waals surface area contributed by atoms with Gasteiger partial charge < -0.3 is 14.0 Å². The van der Waals surface area contributed by atoms with Gasteiger partial charge in [-0.05, 0) is 46.1 Å². The number of aryl methyl sites for hydroxylation is 2. The molecule has 0 amide bonds. The Bertz CT molecular complexity index is 988. The zero-order chi connectivity index (χ0) is 20.2. The normalized spacial score (nSPS) is 15.1. The van der Waals surface area contributed by atoms with Crippen molar-refractivity contribution >= 4 is 27.1 Å². The number of fused-ring (bicyclic) bond motifs is 1. The standard InChI is InChI=1S/C21H24BrFN4O2/c1-28-19-4-2-15(12-17(19)23)3-5-20-25-18-13-16(22)14-24-21(18)27(20)7-6-26-8-10-29-11-9-26/h2,4,12-14H,3,5-11H2,1H3. The van der Waals surface area contributed by atoms with Crippen molar-refractivity contribution in [3.05, 3.63) is 52.1 Å². The maximum atomic E-state index is 14.0. The Balaban J connectivity index is 1.54.